The van der Waals surface area contributed by atoms with Gasteiger partial charge in [0.05, 0.1) is 17.3 Å². The van der Waals surface area contributed by atoms with Crippen molar-refractivity contribution in [3.05, 3.63) is 53.2 Å². The van der Waals surface area contributed by atoms with Crippen LogP contribution in [-0.4, -0.2) is 20.7 Å². The van der Waals surface area contributed by atoms with Crippen LogP contribution in [-0.2, 0) is 6.54 Å². The Morgan fingerprint density at radius 2 is 2.13 bits per heavy atom. The van der Waals surface area contributed by atoms with Crippen LogP contribution in [0.2, 0.25) is 0 Å². The van der Waals surface area contributed by atoms with Crippen LogP contribution in [0.1, 0.15) is 23.0 Å². The van der Waals surface area contributed by atoms with Gasteiger partial charge in [-0.1, -0.05) is 12.1 Å². The van der Waals surface area contributed by atoms with Crippen LogP contribution in [0, 0.1) is 11.3 Å². The van der Waals surface area contributed by atoms with E-state index in [-0.39, 0.29) is 5.91 Å². The SMILES string of the molecule is CCn1ccc(C(=O)Nc2nc(-c3ccc(C#N)cc3)cs2)n1. The molecule has 0 unspecified atom stereocenters. The first-order chi connectivity index (χ1) is 11.2. The number of rotatable bonds is 4. The highest BCUT2D eigenvalue weighted by atomic mass is 32.1. The number of hydrogen-bond acceptors (Lipinski definition) is 5. The fourth-order valence-corrected chi connectivity index (χ4v) is 2.71. The minimum atomic E-state index is -0.280. The highest BCUT2D eigenvalue weighted by Crippen LogP contribution is 2.25. The summed E-state index contributed by atoms with van der Waals surface area (Å²) < 4.78 is 1.69. The monoisotopic (exact) mass is 323 g/mol. The van der Waals surface area contributed by atoms with Crippen LogP contribution in [0.25, 0.3) is 11.3 Å². The fraction of sp³-hybridized carbons (Fsp3) is 0.125. The molecular formula is C16H13N5OS. The first-order valence-corrected chi connectivity index (χ1v) is 7.88. The molecule has 0 aliphatic rings. The average Bonchev–Trinajstić information content (AvgIpc) is 3.24. The van der Waals surface area contributed by atoms with Crippen molar-refractivity contribution in [1.29, 1.82) is 5.26 Å². The Hall–Kier alpha value is -2.98. The predicted octanol–water partition coefficient (Wildman–Crippen LogP) is 3.15. The summed E-state index contributed by atoms with van der Waals surface area (Å²) in [5.41, 5.74) is 2.62. The molecule has 3 aromatic rings. The second-order valence-corrected chi connectivity index (χ2v) is 5.60. The Bertz CT molecular complexity index is 873. The molecule has 0 radical (unpaired) electrons. The molecule has 0 fully saturated rings. The molecular weight excluding hydrogens is 310 g/mol. The van der Waals surface area contributed by atoms with Crippen molar-refractivity contribution in [3.63, 3.8) is 0 Å². The van der Waals surface area contributed by atoms with Crippen molar-refractivity contribution in [2.45, 2.75) is 13.5 Å². The third-order valence-corrected chi connectivity index (χ3v) is 3.99. The molecule has 1 aromatic carbocycles. The van der Waals surface area contributed by atoms with Gasteiger partial charge in [0.15, 0.2) is 10.8 Å². The first kappa shape index (κ1) is 14.9. The van der Waals surface area contributed by atoms with Crippen LogP contribution in [0.4, 0.5) is 5.13 Å². The van der Waals surface area contributed by atoms with Crippen molar-refractivity contribution in [2.24, 2.45) is 0 Å². The topological polar surface area (TPSA) is 83.6 Å². The summed E-state index contributed by atoms with van der Waals surface area (Å²) in [4.78, 5) is 16.5. The minimum Gasteiger partial charge on any atom is -0.296 e. The Morgan fingerprint density at radius 1 is 1.35 bits per heavy atom. The number of nitriles is 1. The van der Waals surface area contributed by atoms with Gasteiger partial charge in [0, 0.05) is 23.7 Å². The number of thiazole rings is 1. The molecule has 0 atom stereocenters. The summed E-state index contributed by atoms with van der Waals surface area (Å²) in [6.45, 7) is 2.67. The number of anilines is 1. The second-order valence-electron chi connectivity index (χ2n) is 4.74. The number of carbonyl (C=O) groups is 1. The van der Waals surface area contributed by atoms with Gasteiger partial charge in [-0.2, -0.15) is 10.4 Å². The van der Waals surface area contributed by atoms with Crippen molar-refractivity contribution in [2.75, 3.05) is 5.32 Å². The van der Waals surface area contributed by atoms with Crippen molar-refractivity contribution in [3.8, 4) is 17.3 Å². The zero-order valence-corrected chi connectivity index (χ0v) is 13.2. The fourth-order valence-electron chi connectivity index (χ4n) is 2.00. The number of benzene rings is 1. The quantitative estimate of drug-likeness (QED) is 0.799. The molecule has 6 nitrogen and oxygen atoms in total. The highest BCUT2D eigenvalue weighted by molar-refractivity contribution is 7.14. The molecule has 0 saturated heterocycles. The van der Waals surface area contributed by atoms with Crippen LogP contribution in [0.15, 0.2) is 41.9 Å². The maximum atomic E-state index is 12.1. The summed E-state index contributed by atoms with van der Waals surface area (Å²) >= 11 is 1.35. The molecule has 0 bridgehead atoms. The van der Waals surface area contributed by atoms with E-state index in [1.807, 2.05) is 24.4 Å². The van der Waals surface area contributed by atoms with E-state index in [1.54, 1.807) is 29.1 Å². The van der Waals surface area contributed by atoms with E-state index >= 15 is 0 Å². The number of carbonyl (C=O) groups excluding carboxylic acids is 1. The van der Waals surface area contributed by atoms with E-state index in [1.165, 1.54) is 11.3 Å². The maximum absolute atomic E-state index is 12.1. The third-order valence-electron chi connectivity index (χ3n) is 3.23. The Morgan fingerprint density at radius 3 is 2.78 bits per heavy atom. The van der Waals surface area contributed by atoms with Gasteiger partial charge in [0.1, 0.15) is 0 Å². The summed E-state index contributed by atoms with van der Waals surface area (Å²) in [5.74, 6) is -0.280. The van der Waals surface area contributed by atoms with Gasteiger partial charge >= 0.3 is 0 Å². The van der Waals surface area contributed by atoms with E-state index in [0.717, 1.165) is 11.3 Å². The van der Waals surface area contributed by atoms with Crippen LogP contribution < -0.4 is 5.32 Å². The van der Waals surface area contributed by atoms with Crippen LogP contribution >= 0.6 is 11.3 Å². The summed E-state index contributed by atoms with van der Waals surface area (Å²) in [5, 5.41) is 18.1. The van der Waals surface area contributed by atoms with Gasteiger partial charge in [-0.05, 0) is 25.1 Å². The largest absolute Gasteiger partial charge is 0.296 e. The number of aryl methyl sites for hydroxylation is 1. The van der Waals surface area contributed by atoms with Crippen molar-refractivity contribution in [1.82, 2.24) is 14.8 Å². The molecule has 0 aliphatic heterocycles. The minimum absolute atomic E-state index is 0.280. The molecule has 1 amide bonds. The third kappa shape index (κ3) is 3.27. The van der Waals surface area contributed by atoms with Gasteiger partial charge in [-0.15, -0.1) is 11.3 Å². The Kier molecular flexibility index (Phi) is 4.17. The number of aromatic nitrogens is 3. The first-order valence-electron chi connectivity index (χ1n) is 7.00. The number of nitrogens with one attached hydrogen (secondary N) is 1. The molecule has 0 saturated carbocycles. The predicted molar refractivity (Wildman–Crippen MR) is 88.1 cm³/mol. The lowest BCUT2D eigenvalue weighted by Crippen LogP contribution is -2.13. The van der Waals surface area contributed by atoms with E-state index in [9.17, 15) is 4.79 Å². The van der Waals surface area contributed by atoms with Gasteiger partial charge < -0.3 is 0 Å². The molecule has 0 aliphatic carbocycles. The lowest BCUT2D eigenvalue weighted by atomic mass is 10.1. The van der Waals surface area contributed by atoms with Gasteiger partial charge in [0.2, 0.25) is 0 Å². The van der Waals surface area contributed by atoms with Crippen LogP contribution in [0.3, 0.4) is 0 Å². The summed E-state index contributed by atoms with van der Waals surface area (Å²) in [6, 6.07) is 10.9. The van der Waals surface area contributed by atoms with E-state index in [2.05, 4.69) is 21.5 Å². The molecule has 7 heteroatoms. The lowest BCUT2D eigenvalue weighted by molar-refractivity contribution is 0.102. The van der Waals surface area contributed by atoms with E-state index in [4.69, 9.17) is 5.26 Å². The second kappa shape index (κ2) is 6.42. The van der Waals surface area contributed by atoms with Crippen molar-refractivity contribution >= 4 is 22.4 Å². The maximum Gasteiger partial charge on any atom is 0.277 e. The lowest BCUT2D eigenvalue weighted by Gasteiger charge is -1.99. The van der Waals surface area contributed by atoms with E-state index < -0.39 is 0 Å². The van der Waals surface area contributed by atoms with Gasteiger partial charge in [-0.3, -0.25) is 14.8 Å². The molecule has 0 spiro atoms. The van der Waals surface area contributed by atoms with Gasteiger partial charge in [0.25, 0.3) is 5.91 Å². The average molecular weight is 323 g/mol. The molecule has 2 heterocycles. The Balaban J connectivity index is 1.73. The number of amides is 1. The normalized spacial score (nSPS) is 10.3. The smallest absolute Gasteiger partial charge is 0.277 e. The molecule has 2 aromatic heterocycles. The molecule has 114 valence electrons. The zero-order chi connectivity index (χ0) is 16.2. The van der Waals surface area contributed by atoms with Crippen LogP contribution in [0.5, 0.6) is 0 Å². The van der Waals surface area contributed by atoms with E-state index in [0.29, 0.717) is 22.9 Å². The molecule has 1 N–H and O–H groups in total. The number of hydrogen-bond donors (Lipinski definition) is 1. The highest BCUT2D eigenvalue weighted by Gasteiger charge is 2.12. The van der Waals surface area contributed by atoms with Crippen molar-refractivity contribution < 1.29 is 4.79 Å². The Labute approximate surface area is 137 Å². The molecule has 23 heavy (non-hydrogen) atoms. The number of nitrogens with zero attached hydrogens (tertiary/aromatic N) is 4. The van der Waals surface area contributed by atoms with Gasteiger partial charge in [-0.25, -0.2) is 4.98 Å². The zero-order valence-electron chi connectivity index (χ0n) is 12.4. The summed E-state index contributed by atoms with van der Waals surface area (Å²) in [7, 11) is 0. The summed E-state index contributed by atoms with van der Waals surface area (Å²) in [6.07, 6.45) is 1.76. The molecule has 3 rings (SSSR count). The standard InChI is InChI=1S/C16H13N5OS/c1-2-21-8-7-13(20-21)15(22)19-16-18-14(10-23-16)12-5-3-11(9-17)4-6-12/h3-8,10H,2H2,1H3,(H,18,19,22).